The van der Waals surface area contributed by atoms with Gasteiger partial charge in [0.1, 0.15) is 47.7 Å². The molecule has 20 heteroatoms. The topological polar surface area (TPSA) is 191 Å². The summed E-state index contributed by atoms with van der Waals surface area (Å²) in [5.74, 6) is -6.08. The molecule has 2 saturated heterocycles. The third-order valence-electron chi connectivity index (χ3n) is 8.72. The van der Waals surface area contributed by atoms with Crippen molar-refractivity contribution in [3.05, 3.63) is 66.2 Å². The number of aliphatic hydroxyl groups is 1. The number of nitrogens with one attached hydrogen (secondary N) is 1. The molecule has 2 fully saturated rings. The van der Waals surface area contributed by atoms with Crippen molar-refractivity contribution in [1.82, 2.24) is 30.0 Å². The zero-order valence-electron chi connectivity index (χ0n) is 29.3. The molecule has 2 aliphatic heterocycles. The number of aromatic nitrogens is 6. The first kappa shape index (κ1) is 38.8. The first-order chi connectivity index (χ1) is 25.8. The van der Waals surface area contributed by atoms with Gasteiger partial charge in [-0.3, -0.25) is 14.4 Å². The van der Waals surface area contributed by atoms with E-state index in [9.17, 15) is 32.7 Å². The van der Waals surface area contributed by atoms with E-state index in [2.05, 4.69) is 25.9 Å². The molecule has 0 unspecified atom stereocenters. The van der Waals surface area contributed by atoms with Gasteiger partial charge in [-0.15, -0.1) is 22.0 Å². The molecule has 54 heavy (non-hydrogen) atoms. The molecule has 4 aromatic rings. The van der Waals surface area contributed by atoms with E-state index in [0.29, 0.717) is 16.9 Å². The molecule has 6 rings (SSSR count). The lowest BCUT2D eigenvalue weighted by molar-refractivity contribution is -0.208. The largest absolute Gasteiger partial charge is 0.463 e. The summed E-state index contributed by atoms with van der Waals surface area (Å²) >= 11 is 1.15. The van der Waals surface area contributed by atoms with Crippen LogP contribution in [-0.2, 0) is 38.1 Å². The van der Waals surface area contributed by atoms with E-state index in [-0.39, 0.29) is 37.0 Å². The summed E-state index contributed by atoms with van der Waals surface area (Å²) in [4.78, 5) is 35.8. The number of halogens is 3. The predicted octanol–water partition coefficient (Wildman–Crippen LogP) is 3.09. The van der Waals surface area contributed by atoms with Crippen molar-refractivity contribution in [3.63, 3.8) is 0 Å². The summed E-state index contributed by atoms with van der Waals surface area (Å²) < 4.78 is 73.9. The van der Waals surface area contributed by atoms with E-state index in [0.717, 1.165) is 23.9 Å². The van der Waals surface area contributed by atoms with Gasteiger partial charge in [0.15, 0.2) is 23.6 Å². The number of ether oxygens (including phenoxy) is 5. The molecular formula is C34H36F3N7O9S. The molecule has 16 nitrogen and oxygen atoms in total. The lowest BCUT2D eigenvalue weighted by Crippen LogP contribution is -2.58. The maximum atomic E-state index is 14.1. The molecular weight excluding hydrogens is 739 g/mol. The Morgan fingerprint density at radius 1 is 0.944 bits per heavy atom. The Labute approximate surface area is 310 Å². The van der Waals surface area contributed by atoms with Gasteiger partial charge in [-0.2, -0.15) is 0 Å². The average molecular weight is 776 g/mol. The van der Waals surface area contributed by atoms with Gasteiger partial charge in [0.25, 0.3) is 0 Å². The van der Waals surface area contributed by atoms with Crippen molar-refractivity contribution < 1.29 is 56.3 Å². The van der Waals surface area contributed by atoms with Crippen LogP contribution >= 0.6 is 11.8 Å². The molecule has 0 aliphatic carbocycles. The number of nitrogens with zero attached hydrogens (tertiary/aromatic N) is 6. The molecule has 4 heterocycles. The maximum Gasteiger partial charge on any atom is 0.303 e. The second-order valence-corrected chi connectivity index (χ2v) is 13.9. The monoisotopic (exact) mass is 775 g/mol. The molecule has 1 amide bonds. The number of hydrogen-bond donors (Lipinski definition) is 2. The van der Waals surface area contributed by atoms with Crippen LogP contribution in [0.5, 0.6) is 0 Å². The molecule has 0 bridgehead atoms. The summed E-state index contributed by atoms with van der Waals surface area (Å²) in [6.45, 7) is 3.60. The van der Waals surface area contributed by atoms with Gasteiger partial charge in [0.05, 0.1) is 37.0 Å². The average Bonchev–Trinajstić information content (AvgIpc) is 3.82. The second kappa shape index (κ2) is 16.6. The van der Waals surface area contributed by atoms with E-state index in [1.165, 1.54) is 43.4 Å². The number of hydrogen-bond acceptors (Lipinski definition) is 14. The third kappa shape index (κ3) is 8.57. The van der Waals surface area contributed by atoms with Crippen molar-refractivity contribution in [2.45, 2.75) is 68.0 Å². The Hall–Kier alpha value is -4.89. The summed E-state index contributed by atoms with van der Waals surface area (Å²) in [6.07, 6.45) is -1.38. The van der Waals surface area contributed by atoms with E-state index in [1.807, 2.05) is 0 Å². The number of carbonyl (C=O) groups is 3. The summed E-state index contributed by atoms with van der Waals surface area (Å²) in [5.41, 5.74) is 0.644. The lowest BCUT2D eigenvalue weighted by Gasteiger charge is -2.46. The first-order valence-corrected chi connectivity index (χ1v) is 17.5. The van der Waals surface area contributed by atoms with Crippen LogP contribution in [0.25, 0.3) is 22.5 Å². The highest BCUT2D eigenvalue weighted by Gasteiger charge is 2.52. The van der Waals surface area contributed by atoms with E-state index >= 15 is 0 Å². The number of aliphatic hydroxyl groups excluding tert-OH is 1. The fourth-order valence-corrected chi connectivity index (χ4v) is 7.79. The number of anilines is 1. The standard InChI is InChI=1S/C34H36F3N7O9S/c1-16(45)38-21-7-5-6-19(8-21)24-11-43(41-39-24)26-13-50-15-28(31(26)48)54-34-33(49-4)30(32(52-18(3)47)27(53-34)14-51-17(2)46)44-12-25(40-42-44)20-9-22(35)29(37)23(36)10-20/h5-12,26-28,30-34,48H,13-15H2,1-4H3,(H,38,45)/t26-,27+,28+,30-,31+,32-,33+,34-/m0/s1. The minimum absolute atomic E-state index is 0.0375. The van der Waals surface area contributed by atoms with Crippen molar-refractivity contribution in [3.8, 4) is 22.5 Å². The van der Waals surface area contributed by atoms with Crippen LogP contribution in [0.1, 0.15) is 32.9 Å². The van der Waals surface area contributed by atoms with Crippen molar-refractivity contribution in [2.75, 3.05) is 32.2 Å². The highest BCUT2D eigenvalue weighted by molar-refractivity contribution is 8.00. The molecule has 0 saturated carbocycles. The van der Waals surface area contributed by atoms with Crippen LogP contribution in [0.3, 0.4) is 0 Å². The zero-order valence-corrected chi connectivity index (χ0v) is 30.1. The molecule has 8 atom stereocenters. The Morgan fingerprint density at radius 3 is 2.30 bits per heavy atom. The quantitative estimate of drug-likeness (QED) is 0.167. The van der Waals surface area contributed by atoms with Crippen molar-refractivity contribution >= 4 is 35.3 Å². The van der Waals surface area contributed by atoms with Gasteiger partial charge in [0.2, 0.25) is 5.91 Å². The van der Waals surface area contributed by atoms with Gasteiger partial charge >= 0.3 is 11.9 Å². The van der Waals surface area contributed by atoms with E-state index in [1.54, 1.807) is 30.5 Å². The minimum atomic E-state index is -1.65. The fraction of sp³-hybridized carbons (Fsp3) is 0.441. The fourth-order valence-electron chi connectivity index (χ4n) is 6.29. The minimum Gasteiger partial charge on any atom is -0.463 e. The highest BCUT2D eigenvalue weighted by Crippen LogP contribution is 2.42. The summed E-state index contributed by atoms with van der Waals surface area (Å²) in [6, 6.07) is 6.85. The number of benzene rings is 2. The number of carbonyl (C=O) groups excluding carboxylic acids is 3. The summed E-state index contributed by atoms with van der Waals surface area (Å²) in [5, 5.41) is 30.5. The molecule has 2 N–H and O–H groups in total. The Morgan fingerprint density at radius 2 is 1.63 bits per heavy atom. The molecule has 0 spiro atoms. The number of thioether (sulfide) groups is 1. The van der Waals surface area contributed by atoms with E-state index in [4.69, 9.17) is 23.7 Å². The Kier molecular flexibility index (Phi) is 12.0. The molecule has 2 aromatic carbocycles. The second-order valence-electron chi connectivity index (χ2n) is 12.6. The van der Waals surface area contributed by atoms with Crippen LogP contribution < -0.4 is 5.32 Å². The lowest BCUT2D eigenvalue weighted by atomic mass is 9.96. The Balaban J connectivity index is 1.28. The first-order valence-electron chi connectivity index (χ1n) is 16.6. The van der Waals surface area contributed by atoms with E-state index < -0.39 is 76.6 Å². The van der Waals surface area contributed by atoms with Gasteiger partial charge < -0.3 is 34.1 Å². The molecule has 2 aromatic heterocycles. The van der Waals surface area contributed by atoms with Gasteiger partial charge in [-0.05, 0) is 24.3 Å². The Bertz CT molecular complexity index is 1980. The van der Waals surface area contributed by atoms with Crippen LogP contribution in [-0.4, -0.2) is 115 Å². The van der Waals surface area contributed by atoms with Crippen LogP contribution in [0.2, 0.25) is 0 Å². The zero-order chi connectivity index (χ0) is 38.7. The number of esters is 2. The summed E-state index contributed by atoms with van der Waals surface area (Å²) in [7, 11) is 1.38. The molecule has 2 aliphatic rings. The normalized spacial score (nSPS) is 25.6. The van der Waals surface area contributed by atoms with Crippen LogP contribution in [0.15, 0.2) is 48.8 Å². The van der Waals surface area contributed by atoms with Crippen molar-refractivity contribution in [1.29, 1.82) is 0 Å². The maximum absolute atomic E-state index is 14.1. The number of methoxy groups -OCH3 is 1. The van der Waals surface area contributed by atoms with Gasteiger partial charge in [-0.25, -0.2) is 22.5 Å². The number of rotatable bonds is 11. The van der Waals surface area contributed by atoms with Gasteiger partial charge in [-0.1, -0.05) is 22.6 Å². The smallest absolute Gasteiger partial charge is 0.303 e. The SMILES string of the molecule is CO[C@@H]1[C@@H](n2cc(-c3cc(F)c(F)c(F)c3)nn2)[C@@H](OC(C)=O)[C@@H](COC(C)=O)O[C@H]1S[C@@H]1COC[C@H](n2cc(-c3cccc(NC(C)=O)c3)nn2)[C@H]1O. The molecule has 0 radical (unpaired) electrons. The van der Waals surface area contributed by atoms with Crippen LogP contribution in [0, 0.1) is 17.5 Å². The predicted molar refractivity (Wildman–Crippen MR) is 183 cm³/mol. The highest BCUT2D eigenvalue weighted by atomic mass is 32.2. The third-order valence-corrected chi connectivity index (χ3v) is 10.1. The van der Waals surface area contributed by atoms with Crippen molar-refractivity contribution in [2.24, 2.45) is 0 Å². The molecule has 288 valence electrons. The number of amides is 1. The van der Waals surface area contributed by atoms with Crippen LogP contribution in [0.4, 0.5) is 18.9 Å². The van der Waals surface area contributed by atoms with Gasteiger partial charge in [0, 0.05) is 44.7 Å².